The Labute approximate surface area is 172 Å². The summed E-state index contributed by atoms with van der Waals surface area (Å²) in [4.78, 5) is 31.9. The number of likely N-dealkylation sites (tertiary alicyclic amines) is 1. The van der Waals surface area contributed by atoms with Gasteiger partial charge in [-0.3, -0.25) is 14.2 Å². The van der Waals surface area contributed by atoms with Gasteiger partial charge in [0.1, 0.15) is 0 Å². The Balaban J connectivity index is 1.49. The second-order valence-electron chi connectivity index (χ2n) is 7.31. The first-order chi connectivity index (χ1) is 13.5. The summed E-state index contributed by atoms with van der Waals surface area (Å²) >= 11 is 3.39. The summed E-state index contributed by atoms with van der Waals surface area (Å²) in [7, 11) is 0. The molecule has 144 valence electrons. The van der Waals surface area contributed by atoms with Crippen molar-refractivity contribution in [2.24, 2.45) is 0 Å². The Morgan fingerprint density at radius 3 is 2.79 bits per heavy atom. The van der Waals surface area contributed by atoms with Gasteiger partial charge in [-0.15, -0.1) is 0 Å². The Kier molecular flexibility index (Phi) is 5.31. The van der Waals surface area contributed by atoms with Crippen LogP contribution >= 0.6 is 15.9 Å². The summed E-state index contributed by atoms with van der Waals surface area (Å²) in [5, 5.41) is 0.558. The first kappa shape index (κ1) is 18.9. The number of aromatic nitrogens is 2. The van der Waals surface area contributed by atoms with Crippen LogP contribution in [0.2, 0.25) is 0 Å². The van der Waals surface area contributed by atoms with Crippen molar-refractivity contribution in [3.63, 3.8) is 0 Å². The van der Waals surface area contributed by atoms with Gasteiger partial charge in [-0.25, -0.2) is 4.98 Å². The highest BCUT2D eigenvalue weighted by atomic mass is 79.9. The molecule has 4 rings (SSSR count). The number of hydrogen-bond donors (Lipinski definition) is 0. The van der Waals surface area contributed by atoms with Crippen molar-refractivity contribution < 1.29 is 4.79 Å². The number of aryl methyl sites for hydroxylation is 2. The average molecular weight is 440 g/mol. The standard InChI is InChI=1S/C22H22BrN3O2/c1-15-4-6-16(7-5-15)20-3-2-11-26(20)21(27)10-12-25-14-24-19-9-8-17(23)13-18(19)22(25)28/h4-9,13-14,20H,2-3,10-12H2,1H3. The first-order valence-corrected chi connectivity index (χ1v) is 10.3. The molecule has 1 fully saturated rings. The number of amides is 1. The zero-order valence-corrected chi connectivity index (χ0v) is 17.4. The Morgan fingerprint density at radius 2 is 2.00 bits per heavy atom. The van der Waals surface area contributed by atoms with E-state index >= 15 is 0 Å². The summed E-state index contributed by atoms with van der Waals surface area (Å²) in [5.74, 6) is 0.0873. The van der Waals surface area contributed by atoms with Crippen molar-refractivity contribution in [1.82, 2.24) is 14.5 Å². The highest BCUT2D eigenvalue weighted by Crippen LogP contribution is 2.32. The molecule has 2 heterocycles. The fourth-order valence-corrected chi connectivity index (χ4v) is 4.21. The second kappa shape index (κ2) is 7.87. The van der Waals surface area contributed by atoms with Crippen LogP contribution in [0.15, 0.2) is 58.1 Å². The maximum Gasteiger partial charge on any atom is 0.261 e. The number of fused-ring (bicyclic) bond motifs is 1. The van der Waals surface area contributed by atoms with Crippen molar-refractivity contribution >= 4 is 32.7 Å². The summed E-state index contributed by atoms with van der Waals surface area (Å²) in [6.07, 6.45) is 3.83. The van der Waals surface area contributed by atoms with E-state index in [4.69, 9.17) is 0 Å². The van der Waals surface area contributed by atoms with Crippen LogP contribution in [0.3, 0.4) is 0 Å². The highest BCUT2D eigenvalue weighted by molar-refractivity contribution is 9.10. The molecule has 0 saturated carbocycles. The zero-order chi connectivity index (χ0) is 19.7. The fraction of sp³-hybridized carbons (Fsp3) is 0.318. The van der Waals surface area contributed by atoms with Crippen molar-refractivity contribution in [2.45, 2.75) is 38.8 Å². The highest BCUT2D eigenvalue weighted by Gasteiger charge is 2.29. The number of rotatable bonds is 4. The molecule has 0 radical (unpaired) electrons. The predicted octanol–water partition coefficient (Wildman–Crippen LogP) is 4.22. The molecule has 0 aliphatic carbocycles. The third-order valence-electron chi connectivity index (χ3n) is 5.39. The average Bonchev–Trinajstić information content (AvgIpc) is 3.18. The van der Waals surface area contributed by atoms with Gasteiger partial charge < -0.3 is 4.90 Å². The van der Waals surface area contributed by atoms with Crippen LogP contribution in [0.5, 0.6) is 0 Å². The van der Waals surface area contributed by atoms with E-state index in [1.807, 2.05) is 17.0 Å². The number of carbonyl (C=O) groups is 1. The largest absolute Gasteiger partial charge is 0.336 e. The molecule has 1 aliphatic rings. The second-order valence-corrected chi connectivity index (χ2v) is 8.23. The lowest BCUT2D eigenvalue weighted by Crippen LogP contribution is -2.32. The number of halogens is 1. The van der Waals surface area contributed by atoms with Crippen molar-refractivity contribution in [3.8, 4) is 0 Å². The van der Waals surface area contributed by atoms with Gasteiger partial charge in [-0.1, -0.05) is 45.8 Å². The van der Waals surface area contributed by atoms with E-state index in [1.165, 1.54) is 22.0 Å². The predicted molar refractivity (Wildman–Crippen MR) is 113 cm³/mol. The molecule has 0 spiro atoms. The summed E-state index contributed by atoms with van der Waals surface area (Å²) < 4.78 is 2.37. The molecular formula is C22H22BrN3O2. The lowest BCUT2D eigenvalue weighted by atomic mass is 10.0. The molecule has 2 aromatic carbocycles. The van der Waals surface area contributed by atoms with Gasteiger partial charge >= 0.3 is 0 Å². The van der Waals surface area contributed by atoms with Crippen LogP contribution in [0.1, 0.15) is 36.4 Å². The van der Waals surface area contributed by atoms with E-state index in [-0.39, 0.29) is 17.5 Å². The van der Waals surface area contributed by atoms with Crippen LogP contribution in [0, 0.1) is 6.92 Å². The lowest BCUT2D eigenvalue weighted by Gasteiger charge is -2.25. The minimum Gasteiger partial charge on any atom is -0.336 e. The number of nitrogens with zero attached hydrogens (tertiary/aromatic N) is 3. The van der Waals surface area contributed by atoms with Crippen molar-refractivity contribution in [3.05, 3.63) is 74.7 Å². The van der Waals surface area contributed by atoms with Gasteiger partial charge in [-0.05, 0) is 43.5 Å². The molecule has 1 saturated heterocycles. The van der Waals surface area contributed by atoms with E-state index in [1.54, 1.807) is 6.07 Å². The maximum atomic E-state index is 12.9. The van der Waals surface area contributed by atoms with Crippen LogP contribution in [0.4, 0.5) is 0 Å². The molecular weight excluding hydrogens is 418 g/mol. The molecule has 5 nitrogen and oxygen atoms in total. The van der Waals surface area contributed by atoms with Gasteiger partial charge in [0.05, 0.1) is 23.3 Å². The smallest absolute Gasteiger partial charge is 0.261 e. The van der Waals surface area contributed by atoms with E-state index in [2.05, 4.69) is 52.1 Å². The van der Waals surface area contributed by atoms with Gasteiger partial charge in [0.25, 0.3) is 5.56 Å². The summed E-state index contributed by atoms with van der Waals surface area (Å²) in [6.45, 7) is 3.18. The van der Waals surface area contributed by atoms with E-state index in [0.29, 0.717) is 23.9 Å². The molecule has 1 amide bonds. The van der Waals surface area contributed by atoms with Crippen LogP contribution in [-0.4, -0.2) is 26.9 Å². The number of hydrogen-bond acceptors (Lipinski definition) is 3. The first-order valence-electron chi connectivity index (χ1n) is 9.53. The molecule has 28 heavy (non-hydrogen) atoms. The van der Waals surface area contributed by atoms with Gasteiger partial charge in [0, 0.05) is 24.0 Å². The zero-order valence-electron chi connectivity index (χ0n) is 15.8. The van der Waals surface area contributed by atoms with Crippen molar-refractivity contribution in [2.75, 3.05) is 6.54 Å². The minimum atomic E-state index is -0.115. The van der Waals surface area contributed by atoms with Crippen LogP contribution < -0.4 is 5.56 Å². The molecule has 1 aliphatic heterocycles. The SMILES string of the molecule is Cc1ccc(C2CCCN2C(=O)CCn2cnc3ccc(Br)cc3c2=O)cc1. The maximum absolute atomic E-state index is 12.9. The Hall–Kier alpha value is -2.47. The Bertz CT molecular complexity index is 1080. The third-order valence-corrected chi connectivity index (χ3v) is 5.88. The van der Waals surface area contributed by atoms with Crippen LogP contribution in [-0.2, 0) is 11.3 Å². The number of carbonyl (C=O) groups excluding carboxylic acids is 1. The molecule has 1 aromatic heterocycles. The normalized spacial score (nSPS) is 16.6. The third kappa shape index (κ3) is 3.74. The van der Waals surface area contributed by atoms with Gasteiger partial charge in [0.2, 0.25) is 5.91 Å². The van der Waals surface area contributed by atoms with E-state index < -0.39 is 0 Å². The lowest BCUT2D eigenvalue weighted by molar-refractivity contribution is -0.132. The monoisotopic (exact) mass is 439 g/mol. The summed E-state index contributed by atoms with van der Waals surface area (Å²) in [6, 6.07) is 14.0. The van der Waals surface area contributed by atoms with Crippen LogP contribution in [0.25, 0.3) is 10.9 Å². The number of benzene rings is 2. The molecule has 6 heteroatoms. The molecule has 1 unspecified atom stereocenters. The molecule has 1 atom stereocenters. The molecule has 0 bridgehead atoms. The molecule has 0 N–H and O–H groups in total. The van der Waals surface area contributed by atoms with E-state index in [9.17, 15) is 9.59 Å². The summed E-state index contributed by atoms with van der Waals surface area (Å²) in [5.41, 5.74) is 2.95. The topological polar surface area (TPSA) is 55.2 Å². The van der Waals surface area contributed by atoms with Gasteiger partial charge in [0.15, 0.2) is 0 Å². The van der Waals surface area contributed by atoms with Gasteiger partial charge in [-0.2, -0.15) is 0 Å². The Morgan fingerprint density at radius 1 is 1.21 bits per heavy atom. The van der Waals surface area contributed by atoms with E-state index in [0.717, 1.165) is 23.9 Å². The van der Waals surface area contributed by atoms with Crippen molar-refractivity contribution in [1.29, 1.82) is 0 Å². The minimum absolute atomic E-state index is 0.0873. The quantitative estimate of drug-likeness (QED) is 0.611. The molecule has 3 aromatic rings. The fourth-order valence-electron chi connectivity index (χ4n) is 3.85.